The second-order valence-electron chi connectivity index (χ2n) is 6.84. The van der Waals surface area contributed by atoms with E-state index in [0.717, 1.165) is 44.2 Å². The summed E-state index contributed by atoms with van der Waals surface area (Å²) in [6.45, 7) is 13.4. The van der Waals surface area contributed by atoms with E-state index in [-0.39, 0.29) is 35.8 Å². The van der Waals surface area contributed by atoms with Crippen LogP contribution in [0.15, 0.2) is 29.3 Å². The van der Waals surface area contributed by atoms with Crippen LogP contribution in [0.3, 0.4) is 0 Å². The third kappa shape index (κ3) is 7.17. The summed E-state index contributed by atoms with van der Waals surface area (Å²) in [6, 6.07) is 7.70. The highest BCUT2D eigenvalue weighted by Crippen LogP contribution is 2.10. The topological polar surface area (TPSA) is 68.2 Å². The zero-order chi connectivity index (χ0) is 20.5. The van der Waals surface area contributed by atoms with Gasteiger partial charge >= 0.3 is 0 Å². The van der Waals surface area contributed by atoms with Crippen LogP contribution in [0.5, 0.6) is 0 Å². The average molecular weight is 515 g/mol. The van der Waals surface area contributed by atoms with Gasteiger partial charge in [-0.2, -0.15) is 0 Å². The highest BCUT2D eigenvalue weighted by Gasteiger charge is 2.20. The smallest absolute Gasteiger partial charge is 0.253 e. The Morgan fingerprint density at radius 3 is 2.03 bits per heavy atom. The number of hydrogen-bond donors (Lipinski definition) is 1. The molecule has 2 rings (SSSR count). The van der Waals surface area contributed by atoms with Crippen molar-refractivity contribution in [3.63, 3.8) is 0 Å². The van der Waals surface area contributed by atoms with E-state index in [1.807, 2.05) is 47.9 Å². The lowest BCUT2D eigenvalue weighted by atomic mass is 10.1. The van der Waals surface area contributed by atoms with Gasteiger partial charge in [-0.1, -0.05) is 12.1 Å². The zero-order valence-electron chi connectivity index (χ0n) is 18.0. The van der Waals surface area contributed by atoms with Crippen LogP contribution < -0.4 is 5.32 Å². The number of carbonyl (C=O) groups is 2. The molecule has 7 nitrogen and oxygen atoms in total. The Kier molecular flexibility index (Phi) is 11.0. The van der Waals surface area contributed by atoms with Crippen LogP contribution in [0.4, 0.5) is 0 Å². The number of benzene rings is 1. The molecule has 2 amide bonds. The molecular formula is C21H34IN5O2. The Morgan fingerprint density at radius 1 is 1.00 bits per heavy atom. The summed E-state index contributed by atoms with van der Waals surface area (Å²) in [6.07, 6.45) is 0. The van der Waals surface area contributed by atoms with Crippen LogP contribution in [-0.2, 0) is 11.3 Å². The van der Waals surface area contributed by atoms with Gasteiger partial charge in [0.25, 0.3) is 5.91 Å². The molecule has 1 aliphatic rings. The summed E-state index contributed by atoms with van der Waals surface area (Å²) in [5.74, 6) is 1.06. The standard InChI is InChI=1S/C21H33N5O2.HI/c1-5-22-21(26-14-12-25(13-15-26)17(4)27)23-16-18-8-10-19(11-9-18)20(28)24(6-2)7-3;/h8-11H,5-7,12-16H2,1-4H3,(H,22,23);1H. The molecule has 1 fully saturated rings. The molecule has 0 aliphatic carbocycles. The maximum atomic E-state index is 12.4. The first-order valence-electron chi connectivity index (χ1n) is 10.2. The minimum absolute atomic E-state index is 0. The molecule has 1 heterocycles. The van der Waals surface area contributed by atoms with Crippen molar-refractivity contribution < 1.29 is 9.59 Å². The lowest BCUT2D eigenvalue weighted by Gasteiger charge is -2.36. The van der Waals surface area contributed by atoms with Crippen molar-refractivity contribution >= 4 is 41.8 Å². The van der Waals surface area contributed by atoms with Crippen LogP contribution in [0.1, 0.15) is 43.6 Å². The third-order valence-corrected chi connectivity index (χ3v) is 5.02. The first-order chi connectivity index (χ1) is 13.5. The summed E-state index contributed by atoms with van der Waals surface area (Å²) in [5.41, 5.74) is 1.78. The van der Waals surface area contributed by atoms with Gasteiger partial charge in [-0.25, -0.2) is 4.99 Å². The molecule has 1 aromatic rings. The summed E-state index contributed by atoms with van der Waals surface area (Å²) >= 11 is 0. The lowest BCUT2D eigenvalue weighted by molar-refractivity contribution is -0.130. The number of hydrogen-bond acceptors (Lipinski definition) is 3. The molecule has 0 radical (unpaired) electrons. The summed E-state index contributed by atoms with van der Waals surface area (Å²) in [5, 5.41) is 3.34. The number of halogens is 1. The van der Waals surface area contributed by atoms with Crippen molar-refractivity contribution in [2.45, 2.75) is 34.2 Å². The van der Waals surface area contributed by atoms with Gasteiger partial charge in [-0.3, -0.25) is 9.59 Å². The minimum Gasteiger partial charge on any atom is -0.357 e. The normalized spacial score (nSPS) is 14.3. The highest BCUT2D eigenvalue weighted by molar-refractivity contribution is 14.0. The molecular weight excluding hydrogens is 481 g/mol. The maximum absolute atomic E-state index is 12.4. The van der Waals surface area contributed by atoms with Gasteiger partial charge in [-0.05, 0) is 38.5 Å². The number of piperazine rings is 1. The second kappa shape index (κ2) is 12.7. The monoisotopic (exact) mass is 515 g/mol. The van der Waals surface area contributed by atoms with Gasteiger partial charge < -0.3 is 20.0 Å². The predicted molar refractivity (Wildman–Crippen MR) is 128 cm³/mol. The Labute approximate surface area is 191 Å². The minimum atomic E-state index is 0. The molecule has 162 valence electrons. The van der Waals surface area contributed by atoms with Crippen LogP contribution in [-0.4, -0.2) is 78.3 Å². The summed E-state index contributed by atoms with van der Waals surface area (Å²) < 4.78 is 0. The molecule has 0 spiro atoms. The molecule has 0 unspecified atom stereocenters. The second-order valence-corrected chi connectivity index (χ2v) is 6.84. The largest absolute Gasteiger partial charge is 0.357 e. The number of nitrogens with one attached hydrogen (secondary N) is 1. The van der Waals surface area contributed by atoms with Gasteiger partial charge in [-0.15, -0.1) is 24.0 Å². The number of aliphatic imine (C=N–C) groups is 1. The van der Waals surface area contributed by atoms with E-state index in [9.17, 15) is 9.59 Å². The summed E-state index contributed by atoms with van der Waals surface area (Å²) in [4.78, 5) is 34.5. The molecule has 1 N–H and O–H groups in total. The Morgan fingerprint density at radius 2 is 1.55 bits per heavy atom. The lowest BCUT2D eigenvalue weighted by Crippen LogP contribution is -2.53. The molecule has 0 bridgehead atoms. The Hall–Kier alpha value is -1.84. The molecule has 29 heavy (non-hydrogen) atoms. The first kappa shape index (κ1) is 25.2. The van der Waals surface area contributed by atoms with E-state index in [2.05, 4.69) is 17.1 Å². The average Bonchev–Trinajstić information content (AvgIpc) is 2.72. The van der Waals surface area contributed by atoms with Crippen LogP contribution in [0.25, 0.3) is 0 Å². The van der Waals surface area contributed by atoms with Gasteiger partial charge in [0.05, 0.1) is 6.54 Å². The number of rotatable bonds is 6. The fourth-order valence-corrected chi connectivity index (χ4v) is 3.27. The number of carbonyl (C=O) groups excluding carboxylic acids is 2. The van der Waals surface area contributed by atoms with Gasteiger partial charge in [0.2, 0.25) is 5.91 Å². The Balaban J connectivity index is 0.00000420. The van der Waals surface area contributed by atoms with Gasteiger partial charge in [0.1, 0.15) is 0 Å². The molecule has 0 saturated carbocycles. The van der Waals surface area contributed by atoms with Crippen molar-refractivity contribution in [3.8, 4) is 0 Å². The van der Waals surface area contributed by atoms with Gasteiger partial charge in [0, 0.05) is 58.3 Å². The SMILES string of the molecule is CCNC(=NCc1ccc(C(=O)N(CC)CC)cc1)N1CCN(C(C)=O)CC1.I. The van der Waals surface area contributed by atoms with Crippen molar-refractivity contribution in [2.24, 2.45) is 4.99 Å². The van der Waals surface area contributed by atoms with Crippen molar-refractivity contribution in [1.82, 2.24) is 20.0 Å². The van der Waals surface area contributed by atoms with Gasteiger partial charge in [0.15, 0.2) is 5.96 Å². The molecule has 8 heteroatoms. The van der Waals surface area contributed by atoms with E-state index in [0.29, 0.717) is 25.2 Å². The maximum Gasteiger partial charge on any atom is 0.253 e. The molecule has 0 atom stereocenters. The molecule has 0 aromatic heterocycles. The molecule has 1 saturated heterocycles. The molecule has 1 aliphatic heterocycles. The third-order valence-electron chi connectivity index (χ3n) is 5.02. The fraction of sp³-hybridized carbons (Fsp3) is 0.571. The van der Waals surface area contributed by atoms with Crippen LogP contribution in [0.2, 0.25) is 0 Å². The quantitative estimate of drug-likeness (QED) is 0.359. The van der Waals surface area contributed by atoms with E-state index >= 15 is 0 Å². The van der Waals surface area contributed by atoms with E-state index in [4.69, 9.17) is 4.99 Å². The first-order valence-corrected chi connectivity index (χ1v) is 10.2. The van der Waals surface area contributed by atoms with Crippen LogP contribution >= 0.6 is 24.0 Å². The van der Waals surface area contributed by atoms with Crippen molar-refractivity contribution in [2.75, 3.05) is 45.8 Å². The fourth-order valence-electron chi connectivity index (χ4n) is 3.27. The van der Waals surface area contributed by atoms with E-state index < -0.39 is 0 Å². The van der Waals surface area contributed by atoms with Crippen molar-refractivity contribution in [1.29, 1.82) is 0 Å². The molecule has 1 aromatic carbocycles. The van der Waals surface area contributed by atoms with Crippen molar-refractivity contribution in [3.05, 3.63) is 35.4 Å². The highest BCUT2D eigenvalue weighted by atomic mass is 127. The van der Waals surface area contributed by atoms with Crippen LogP contribution in [0, 0.1) is 0 Å². The number of nitrogens with zero attached hydrogens (tertiary/aromatic N) is 4. The van der Waals surface area contributed by atoms with E-state index in [1.54, 1.807) is 6.92 Å². The summed E-state index contributed by atoms with van der Waals surface area (Å²) in [7, 11) is 0. The number of guanidine groups is 1. The predicted octanol–water partition coefficient (Wildman–Crippen LogP) is 2.42. The zero-order valence-corrected chi connectivity index (χ0v) is 20.3. The number of amides is 2. The van der Waals surface area contributed by atoms with E-state index in [1.165, 1.54) is 0 Å². The Bertz CT molecular complexity index is 681.